The Labute approximate surface area is 106 Å². The maximum atomic E-state index is 5.64. The average molecular weight is 256 g/mol. The van der Waals surface area contributed by atoms with Gasteiger partial charge in [0.25, 0.3) is 0 Å². The number of nitrogens with zero attached hydrogens (tertiary/aromatic N) is 3. The Kier molecular flexibility index (Phi) is 4.70. The third-order valence-electron chi connectivity index (χ3n) is 2.80. The Morgan fingerprint density at radius 1 is 1.59 bits per heavy atom. The Balaban J connectivity index is 1.96. The van der Waals surface area contributed by atoms with E-state index in [1.165, 1.54) is 11.5 Å². The maximum Gasteiger partial charge on any atom is 0.134 e. The molecule has 0 aliphatic carbocycles. The number of anilines is 1. The van der Waals surface area contributed by atoms with Gasteiger partial charge in [-0.05, 0) is 20.3 Å². The van der Waals surface area contributed by atoms with Gasteiger partial charge >= 0.3 is 0 Å². The normalized spacial score (nSPS) is 22.4. The molecule has 2 heterocycles. The van der Waals surface area contributed by atoms with Crippen molar-refractivity contribution in [1.82, 2.24) is 14.5 Å². The van der Waals surface area contributed by atoms with Crippen LogP contribution in [0.5, 0.6) is 0 Å². The molecule has 0 aromatic carbocycles. The van der Waals surface area contributed by atoms with E-state index in [1.54, 1.807) is 0 Å². The van der Waals surface area contributed by atoms with Crippen molar-refractivity contribution in [1.29, 1.82) is 0 Å². The summed E-state index contributed by atoms with van der Waals surface area (Å²) in [6.45, 7) is 8.92. The monoisotopic (exact) mass is 256 g/mol. The van der Waals surface area contributed by atoms with E-state index in [0.29, 0.717) is 6.10 Å². The van der Waals surface area contributed by atoms with Gasteiger partial charge in [-0.15, -0.1) is 5.10 Å². The van der Waals surface area contributed by atoms with E-state index in [4.69, 9.17) is 4.74 Å². The summed E-state index contributed by atoms with van der Waals surface area (Å²) >= 11 is 1.44. The zero-order valence-electron chi connectivity index (χ0n) is 10.5. The molecule has 1 aromatic rings. The fourth-order valence-electron chi connectivity index (χ4n) is 2.04. The van der Waals surface area contributed by atoms with Crippen LogP contribution in [-0.2, 0) is 11.3 Å². The molecule has 0 bridgehead atoms. The van der Waals surface area contributed by atoms with Gasteiger partial charge in [0.2, 0.25) is 0 Å². The lowest BCUT2D eigenvalue weighted by atomic mass is 10.3. The van der Waals surface area contributed by atoms with E-state index in [9.17, 15) is 0 Å². The van der Waals surface area contributed by atoms with Gasteiger partial charge in [0.05, 0.1) is 6.10 Å². The highest BCUT2D eigenvalue weighted by Gasteiger charge is 2.17. The van der Waals surface area contributed by atoms with Crippen molar-refractivity contribution in [3.05, 3.63) is 5.69 Å². The molecule has 1 atom stereocenters. The molecular weight excluding hydrogens is 236 g/mol. The molecule has 2 rings (SSSR count). The number of rotatable bonds is 4. The van der Waals surface area contributed by atoms with E-state index in [2.05, 4.69) is 33.7 Å². The van der Waals surface area contributed by atoms with Crippen LogP contribution in [0.1, 0.15) is 26.0 Å². The van der Waals surface area contributed by atoms with Crippen LogP contribution in [-0.4, -0.2) is 46.8 Å². The molecule has 5 nitrogen and oxygen atoms in total. The van der Waals surface area contributed by atoms with Crippen LogP contribution < -0.4 is 5.32 Å². The third-order valence-corrected chi connectivity index (χ3v) is 3.53. The van der Waals surface area contributed by atoms with Crippen molar-refractivity contribution in [3.63, 3.8) is 0 Å². The first-order valence-electron chi connectivity index (χ1n) is 6.18. The largest absolute Gasteiger partial charge is 0.377 e. The molecule has 1 fully saturated rings. The average Bonchev–Trinajstić information content (AvgIpc) is 2.61. The molecule has 96 valence electrons. The van der Waals surface area contributed by atoms with Crippen molar-refractivity contribution in [3.8, 4) is 0 Å². The molecule has 0 radical (unpaired) electrons. The van der Waals surface area contributed by atoms with Crippen LogP contribution in [0.4, 0.5) is 5.00 Å². The summed E-state index contributed by atoms with van der Waals surface area (Å²) in [7, 11) is 0. The summed E-state index contributed by atoms with van der Waals surface area (Å²) < 4.78 is 9.66. The highest BCUT2D eigenvalue weighted by molar-refractivity contribution is 7.10. The lowest BCUT2D eigenvalue weighted by Crippen LogP contribution is -2.30. The van der Waals surface area contributed by atoms with Gasteiger partial charge in [0.1, 0.15) is 10.7 Å². The second-order valence-electron chi connectivity index (χ2n) is 4.35. The predicted octanol–water partition coefficient (Wildman–Crippen LogP) is 1.58. The lowest BCUT2D eigenvalue weighted by molar-refractivity contribution is 0.0666. The highest BCUT2D eigenvalue weighted by Crippen LogP contribution is 2.20. The predicted molar refractivity (Wildman–Crippen MR) is 69.4 cm³/mol. The van der Waals surface area contributed by atoms with Gasteiger partial charge in [-0.25, -0.2) is 0 Å². The minimum atomic E-state index is 0.312. The van der Waals surface area contributed by atoms with Crippen LogP contribution in [0.2, 0.25) is 0 Å². The minimum absolute atomic E-state index is 0.312. The third kappa shape index (κ3) is 3.62. The van der Waals surface area contributed by atoms with Crippen molar-refractivity contribution in [2.45, 2.75) is 32.9 Å². The smallest absolute Gasteiger partial charge is 0.134 e. The van der Waals surface area contributed by atoms with Crippen molar-refractivity contribution >= 4 is 16.5 Å². The van der Waals surface area contributed by atoms with E-state index >= 15 is 0 Å². The minimum Gasteiger partial charge on any atom is -0.377 e. The van der Waals surface area contributed by atoms with Gasteiger partial charge < -0.3 is 10.1 Å². The number of hydrogen-bond acceptors (Lipinski definition) is 6. The fourth-order valence-corrected chi connectivity index (χ4v) is 2.68. The van der Waals surface area contributed by atoms with Crippen molar-refractivity contribution in [2.75, 3.05) is 31.6 Å². The number of hydrogen-bond donors (Lipinski definition) is 1. The van der Waals surface area contributed by atoms with E-state index in [0.717, 1.165) is 49.9 Å². The molecule has 0 amide bonds. The second kappa shape index (κ2) is 6.28. The molecule has 0 saturated carbocycles. The van der Waals surface area contributed by atoms with Crippen molar-refractivity contribution < 1.29 is 4.74 Å². The van der Waals surface area contributed by atoms with E-state index < -0.39 is 0 Å². The topological polar surface area (TPSA) is 50.3 Å². The Morgan fingerprint density at radius 2 is 2.47 bits per heavy atom. The molecule has 1 aliphatic rings. The molecular formula is C11H20N4OS. The molecule has 1 N–H and O–H groups in total. The Hall–Kier alpha value is -0.720. The molecule has 1 saturated heterocycles. The van der Waals surface area contributed by atoms with Crippen LogP contribution >= 0.6 is 11.5 Å². The summed E-state index contributed by atoms with van der Waals surface area (Å²) in [5.41, 5.74) is 1.06. The summed E-state index contributed by atoms with van der Waals surface area (Å²) in [6.07, 6.45) is 1.41. The van der Waals surface area contributed by atoms with Crippen LogP contribution in [0, 0.1) is 0 Å². The van der Waals surface area contributed by atoms with Crippen LogP contribution in [0.15, 0.2) is 0 Å². The zero-order chi connectivity index (χ0) is 12.1. The van der Waals surface area contributed by atoms with Gasteiger partial charge in [-0.1, -0.05) is 4.49 Å². The number of ether oxygens (including phenoxy) is 1. The molecule has 1 aliphatic heterocycles. The Morgan fingerprint density at radius 3 is 3.29 bits per heavy atom. The first kappa shape index (κ1) is 12.7. The summed E-state index contributed by atoms with van der Waals surface area (Å²) in [6, 6.07) is 0. The first-order chi connectivity index (χ1) is 8.29. The van der Waals surface area contributed by atoms with Gasteiger partial charge in [0, 0.05) is 44.3 Å². The number of aromatic nitrogens is 2. The zero-order valence-corrected chi connectivity index (χ0v) is 11.3. The lowest BCUT2D eigenvalue weighted by Gasteiger charge is -2.20. The van der Waals surface area contributed by atoms with Crippen molar-refractivity contribution in [2.24, 2.45) is 0 Å². The molecule has 1 unspecified atom stereocenters. The van der Waals surface area contributed by atoms with Gasteiger partial charge in [-0.2, -0.15) is 0 Å². The first-order valence-corrected chi connectivity index (χ1v) is 6.96. The van der Waals surface area contributed by atoms with Gasteiger partial charge in [0.15, 0.2) is 0 Å². The molecule has 0 spiro atoms. The number of nitrogens with one attached hydrogen (secondary N) is 1. The molecule has 1 aromatic heterocycles. The second-order valence-corrected chi connectivity index (χ2v) is 5.10. The molecule has 6 heteroatoms. The van der Waals surface area contributed by atoms with Gasteiger partial charge in [-0.3, -0.25) is 4.90 Å². The summed E-state index contributed by atoms with van der Waals surface area (Å²) in [4.78, 5) is 2.40. The highest BCUT2D eigenvalue weighted by atomic mass is 32.1. The summed E-state index contributed by atoms with van der Waals surface area (Å²) in [5, 5.41) is 8.62. The van der Waals surface area contributed by atoms with E-state index in [-0.39, 0.29) is 0 Å². The van der Waals surface area contributed by atoms with E-state index in [1.807, 2.05) is 0 Å². The quantitative estimate of drug-likeness (QED) is 0.886. The summed E-state index contributed by atoms with van der Waals surface area (Å²) in [5.74, 6) is 0. The SMILES string of the molecule is CCNc1snnc1CN1CCCOC(C)C1. The Bertz CT molecular complexity index is 344. The van der Waals surface area contributed by atoms with Crippen LogP contribution in [0.25, 0.3) is 0 Å². The standard InChI is InChI=1S/C11H20N4OS/c1-3-12-11-10(13-14-17-11)8-15-5-4-6-16-9(2)7-15/h9,12H,3-8H2,1-2H3. The van der Waals surface area contributed by atoms with Crippen LogP contribution in [0.3, 0.4) is 0 Å². The molecule has 17 heavy (non-hydrogen) atoms. The maximum absolute atomic E-state index is 5.64. The fraction of sp³-hybridized carbons (Fsp3) is 0.818.